The Labute approximate surface area is 112 Å². The van der Waals surface area contributed by atoms with Gasteiger partial charge in [-0.2, -0.15) is 0 Å². The molecule has 0 unspecified atom stereocenters. The molecule has 0 saturated carbocycles. The first-order valence-electron chi connectivity index (χ1n) is 5.95. The van der Waals surface area contributed by atoms with Gasteiger partial charge in [-0.1, -0.05) is 6.07 Å². The summed E-state index contributed by atoms with van der Waals surface area (Å²) in [5, 5.41) is 9.13. The molecule has 2 rings (SSSR count). The number of benzene rings is 1. The van der Waals surface area contributed by atoms with Crippen molar-refractivity contribution < 1.29 is 0 Å². The van der Waals surface area contributed by atoms with Crippen LogP contribution < -0.4 is 5.73 Å². The van der Waals surface area contributed by atoms with Gasteiger partial charge in [0.1, 0.15) is 5.82 Å². The van der Waals surface area contributed by atoms with Crippen molar-refractivity contribution in [2.45, 2.75) is 30.3 Å². The molecule has 0 amide bonds. The van der Waals surface area contributed by atoms with Crippen LogP contribution in [0.3, 0.4) is 0 Å². The first kappa shape index (κ1) is 13.1. The average molecular weight is 262 g/mol. The highest BCUT2D eigenvalue weighted by atomic mass is 32.2. The minimum Gasteiger partial charge on any atom is -0.330 e. The molecule has 1 aromatic carbocycles. The molecule has 18 heavy (non-hydrogen) atoms. The lowest BCUT2D eigenvalue weighted by molar-refractivity contribution is 0.765. The van der Waals surface area contributed by atoms with Gasteiger partial charge in [-0.05, 0) is 61.8 Å². The second kappa shape index (κ2) is 5.54. The van der Waals surface area contributed by atoms with Crippen LogP contribution in [0.25, 0.3) is 0 Å². The number of rotatable bonds is 4. The number of hydrogen-bond donors (Lipinski definition) is 1. The fourth-order valence-corrected chi connectivity index (χ4v) is 2.68. The van der Waals surface area contributed by atoms with Crippen LogP contribution in [0, 0.1) is 13.8 Å². The third-order valence-electron chi connectivity index (χ3n) is 2.99. The van der Waals surface area contributed by atoms with Gasteiger partial charge in [-0.25, -0.2) is 0 Å². The van der Waals surface area contributed by atoms with E-state index in [-0.39, 0.29) is 0 Å². The third-order valence-corrected chi connectivity index (χ3v) is 4.02. The van der Waals surface area contributed by atoms with E-state index in [1.54, 1.807) is 11.8 Å². The second-order valence-corrected chi connectivity index (χ2v) is 5.36. The molecule has 0 aliphatic rings. The zero-order chi connectivity index (χ0) is 13.1. The summed E-state index contributed by atoms with van der Waals surface area (Å²) in [4.78, 5) is 1.18. The van der Waals surface area contributed by atoms with Gasteiger partial charge in [0, 0.05) is 11.9 Å². The van der Waals surface area contributed by atoms with Gasteiger partial charge in [0.05, 0.1) is 0 Å². The Bertz CT molecular complexity index is 548. The number of aryl methyl sites for hydroxylation is 2. The quantitative estimate of drug-likeness (QED) is 0.916. The van der Waals surface area contributed by atoms with Crippen LogP contribution in [0.15, 0.2) is 28.3 Å². The molecule has 4 nitrogen and oxygen atoms in total. The zero-order valence-electron chi connectivity index (χ0n) is 11.0. The van der Waals surface area contributed by atoms with Gasteiger partial charge < -0.3 is 10.3 Å². The van der Waals surface area contributed by atoms with Gasteiger partial charge in [-0.3, -0.25) is 0 Å². The van der Waals surface area contributed by atoms with Gasteiger partial charge in [0.15, 0.2) is 5.16 Å². The Morgan fingerprint density at radius 2 is 2.06 bits per heavy atom. The van der Waals surface area contributed by atoms with Crippen molar-refractivity contribution in [1.29, 1.82) is 0 Å². The van der Waals surface area contributed by atoms with Gasteiger partial charge >= 0.3 is 0 Å². The SMILES string of the molecule is Cc1cc(Sc2nnc(C)n2C)ccc1CCN. The molecular weight excluding hydrogens is 244 g/mol. The Morgan fingerprint density at radius 3 is 2.61 bits per heavy atom. The molecule has 0 atom stereocenters. The first-order valence-corrected chi connectivity index (χ1v) is 6.77. The summed E-state index contributed by atoms with van der Waals surface area (Å²) in [5.41, 5.74) is 8.18. The predicted octanol–water partition coefficient (Wildman–Crippen LogP) is 2.08. The molecule has 0 saturated heterocycles. The highest BCUT2D eigenvalue weighted by molar-refractivity contribution is 7.99. The third kappa shape index (κ3) is 2.73. The molecule has 0 spiro atoms. The maximum Gasteiger partial charge on any atom is 0.195 e. The summed E-state index contributed by atoms with van der Waals surface area (Å²) in [7, 11) is 1.98. The van der Waals surface area contributed by atoms with E-state index >= 15 is 0 Å². The van der Waals surface area contributed by atoms with Crippen molar-refractivity contribution in [2.24, 2.45) is 12.8 Å². The van der Waals surface area contributed by atoms with Gasteiger partial charge in [0.25, 0.3) is 0 Å². The summed E-state index contributed by atoms with van der Waals surface area (Å²) >= 11 is 1.63. The lowest BCUT2D eigenvalue weighted by Gasteiger charge is -2.07. The van der Waals surface area contributed by atoms with Gasteiger partial charge in [0.2, 0.25) is 0 Å². The molecular formula is C13H18N4S. The van der Waals surface area contributed by atoms with E-state index in [0.29, 0.717) is 6.54 Å². The molecule has 0 radical (unpaired) electrons. The second-order valence-electron chi connectivity index (χ2n) is 4.32. The summed E-state index contributed by atoms with van der Waals surface area (Å²) in [6.45, 7) is 4.76. The van der Waals surface area contributed by atoms with Crippen molar-refractivity contribution >= 4 is 11.8 Å². The zero-order valence-corrected chi connectivity index (χ0v) is 11.8. The van der Waals surface area contributed by atoms with E-state index in [1.165, 1.54) is 16.0 Å². The number of nitrogens with two attached hydrogens (primary N) is 1. The van der Waals surface area contributed by atoms with Crippen LogP contribution in [0.1, 0.15) is 17.0 Å². The average Bonchev–Trinajstić information content (AvgIpc) is 2.65. The standard InChI is InChI=1S/C13H18N4S/c1-9-8-12(5-4-11(9)6-7-14)18-13-16-15-10(2)17(13)3/h4-5,8H,6-7,14H2,1-3H3. The van der Waals surface area contributed by atoms with Crippen LogP contribution in [-0.4, -0.2) is 21.3 Å². The predicted molar refractivity (Wildman–Crippen MR) is 73.8 cm³/mol. The molecule has 5 heteroatoms. The topological polar surface area (TPSA) is 56.7 Å². The van der Waals surface area contributed by atoms with E-state index in [2.05, 4.69) is 35.3 Å². The fourth-order valence-electron chi connectivity index (χ4n) is 1.75. The minimum absolute atomic E-state index is 0.690. The van der Waals surface area contributed by atoms with Crippen LogP contribution >= 0.6 is 11.8 Å². The van der Waals surface area contributed by atoms with Crippen molar-refractivity contribution in [3.8, 4) is 0 Å². The highest BCUT2D eigenvalue weighted by Gasteiger charge is 2.07. The molecule has 2 aromatic rings. The number of hydrogen-bond acceptors (Lipinski definition) is 4. The van der Waals surface area contributed by atoms with E-state index in [0.717, 1.165) is 17.4 Å². The van der Waals surface area contributed by atoms with Gasteiger partial charge in [-0.15, -0.1) is 10.2 Å². The Morgan fingerprint density at radius 1 is 1.28 bits per heavy atom. The highest BCUT2D eigenvalue weighted by Crippen LogP contribution is 2.27. The summed E-state index contributed by atoms with van der Waals surface area (Å²) < 4.78 is 1.99. The summed E-state index contributed by atoms with van der Waals surface area (Å²) in [5.74, 6) is 0.925. The Kier molecular flexibility index (Phi) is 4.04. The maximum atomic E-state index is 5.59. The maximum absolute atomic E-state index is 5.59. The normalized spacial score (nSPS) is 10.9. The minimum atomic E-state index is 0.690. The van der Waals surface area contributed by atoms with Crippen molar-refractivity contribution in [2.75, 3.05) is 6.54 Å². The smallest absolute Gasteiger partial charge is 0.195 e. The molecule has 0 aliphatic carbocycles. The van der Waals surface area contributed by atoms with E-state index in [9.17, 15) is 0 Å². The van der Waals surface area contributed by atoms with Crippen LogP contribution in [0.4, 0.5) is 0 Å². The number of nitrogens with zero attached hydrogens (tertiary/aromatic N) is 3. The number of aromatic nitrogens is 3. The van der Waals surface area contributed by atoms with Crippen molar-refractivity contribution in [1.82, 2.24) is 14.8 Å². The molecule has 0 aliphatic heterocycles. The lowest BCUT2D eigenvalue weighted by Crippen LogP contribution is -2.04. The molecule has 96 valence electrons. The Balaban J connectivity index is 2.20. The fraction of sp³-hybridized carbons (Fsp3) is 0.385. The monoisotopic (exact) mass is 262 g/mol. The van der Waals surface area contributed by atoms with E-state index in [4.69, 9.17) is 5.73 Å². The summed E-state index contributed by atoms with van der Waals surface area (Å²) in [6, 6.07) is 6.44. The lowest BCUT2D eigenvalue weighted by atomic mass is 10.1. The van der Waals surface area contributed by atoms with E-state index < -0.39 is 0 Å². The molecule has 0 bridgehead atoms. The van der Waals surface area contributed by atoms with Crippen molar-refractivity contribution in [3.05, 3.63) is 35.2 Å². The van der Waals surface area contributed by atoms with Crippen LogP contribution in [-0.2, 0) is 13.5 Å². The molecule has 2 N–H and O–H groups in total. The molecule has 1 heterocycles. The van der Waals surface area contributed by atoms with E-state index in [1.807, 2.05) is 18.5 Å². The molecule has 1 aromatic heterocycles. The Hall–Kier alpha value is -1.33. The first-order chi connectivity index (χ1) is 8.61. The molecule has 0 fully saturated rings. The van der Waals surface area contributed by atoms with Crippen LogP contribution in [0.5, 0.6) is 0 Å². The summed E-state index contributed by atoms with van der Waals surface area (Å²) in [6.07, 6.45) is 0.930. The largest absolute Gasteiger partial charge is 0.330 e. The van der Waals surface area contributed by atoms with Crippen LogP contribution in [0.2, 0.25) is 0 Å². The van der Waals surface area contributed by atoms with Crippen molar-refractivity contribution in [3.63, 3.8) is 0 Å².